The highest BCUT2D eigenvalue weighted by molar-refractivity contribution is 6.68. The van der Waals surface area contributed by atoms with Gasteiger partial charge in [-0.1, -0.05) is 37.3 Å². The maximum absolute atomic E-state index is 11.1. The number of carbonyl (C=O) groups excluding carboxylic acids is 1. The summed E-state index contributed by atoms with van der Waals surface area (Å²) in [5.41, 5.74) is 1.21. The summed E-state index contributed by atoms with van der Waals surface area (Å²) in [5.74, 6) is 6.01. The zero-order valence-electron chi connectivity index (χ0n) is 8.72. The number of carbonyl (C=O) groups is 1. The second-order valence-corrected chi connectivity index (χ2v) is 3.57. The Morgan fingerprint density at radius 1 is 1.40 bits per heavy atom. The lowest BCUT2D eigenvalue weighted by molar-refractivity contribution is 0.108. The summed E-state index contributed by atoms with van der Waals surface area (Å²) in [4.78, 5) is 11.1. The lowest BCUT2D eigenvalue weighted by Crippen LogP contribution is -1.92. The van der Waals surface area contributed by atoms with Crippen molar-refractivity contribution in [3.05, 3.63) is 35.4 Å². The number of halogens is 1. The highest BCUT2D eigenvalue weighted by Gasteiger charge is 2.04. The van der Waals surface area contributed by atoms with Crippen LogP contribution in [0.3, 0.4) is 0 Å². The quantitative estimate of drug-likeness (QED) is 0.432. The SMILES string of the molecule is CCCCC#Cc1ccccc1C(=O)Cl. The lowest BCUT2D eigenvalue weighted by atomic mass is 10.1. The van der Waals surface area contributed by atoms with Crippen LogP contribution in [0.1, 0.15) is 42.1 Å². The number of unbranched alkanes of at least 4 members (excludes halogenated alkanes) is 2. The largest absolute Gasteiger partial charge is 0.276 e. The predicted octanol–water partition coefficient (Wildman–Crippen LogP) is 3.61. The van der Waals surface area contributed by atoms with Crippen LogP contribution in [0.5, 0.6) is 0 Å². The van der Waals surface area contributed by atoms with E-state index in [4.69, 9.17) is 11.6 Å². The Kier molecular flexibility index (Phi) is 4.93. The lowest BCUT2D eigenvalue weighted by Gasteiger charge is -1.96. The van der Waals surface area contributed by atoms with E-state index >= 15 is 0 Å². The average Bonchev–Trinajstić information content (AvgIpc) is 2.25. The van der Waals surface area contributed by atoms with Gasteiger partial charge in [0.1, 0.15) is 0 Å². The second kappa shape index (κ2) is 6.27. The Morgan fingerprint density at radius 2 is 2.13 bits per heavy atom. The fourth-order valence-electron chi connectivity index (χ4n) is 1.19. The van der Waals surface area contributed by atoms with Crippen LogP contribution >= 0.6 is 11.6 Å². The summed E-state index contributed by atoms with van der Waals surface area (Å²) >= 11 is 5.44. The first-order chi connectivity index (χ1) is 7.25. The summed E-state index contributed by atoms with van der Waals surface area (Å²) in [7, 11) is 0. The molecule has 1 nitrogen and oxygen atoms in total. The van der Waals surface area contributed by atoms with Gasteiger partial charge in [0.2, 0.25) is 0 Å². The Morgan fingerprint density at radius 3 is 2.80 bits per heavy atom. The molecular formula is C13H13ClO. The van der Waals surface area contributed by atoms with Crippen molar-refractivity contribution in [3.8, 4) is 11.8 Å². The van der Waals surface area contributed by atoms with Crippen LogP contribution in [0.4, 0.5) is 0 Å². The molecule has 0 heterocycles. The minimum atomic E-state index is -0.449. The molecule has 0 bridgehead atoms. The van der Waals surface area contributed by atoms with E-state index in [9.17, 15) is 4.79 Å². The molecule has 0 aromatic heterocycles. The van der Waals surface area contributed by atoms with Crippen molar-refractivity contribution >= 4 is 16.8 Å². The molecule has 15 heavy (non-hydrogen) atoms. The smallest absolute Gasteiger partial charge is 0.253 e. The number of hydrogen-bond donors (Lipinski definition) is 0. The van der Waals surface area contributed by atoms with Crippen LogP contribution < -0.4 is 0 Å². The molecule has 0 N–H and O–H groups in total. The van der Waals surface area contributed by atoms with Crippen molar-refractivity contribution in [3.63, 3.8) is 0 Å². The van der Waals surface area contributed by atoms with Crippen molar-refractivity contribution in [2.24, 2.45) is 0 Å². The van der Waals surface area contributed by atoms with Crippen LogP contribution in [-0.2, 0) is 0 Å². The van der Waals surface area contributed by atoms with Crippen LogP contribution in [0, 0.1) is 11.8 Å². The Hall–Kier alpha value is -1.26. The zero-order chi connectivity index (χ0) is 11.1. The van der Waals surface area contributed by atoms with E-state index in [0.717, 1.165) is 19.3 Å². The van der Waals surface area contributed by atoms with Crippen molar-refractivity contribution in [1.82, 2.24) is 0 Å². The zero-order valence-corrected chi connectivity index (χ0v) is 9.47. The van der Waals surface area contributed by atoms with Crippen LogP contribution in [0.15, 0.2) is 24.3 Å². The van der Waals surface area contributed by atoms with Gasteiger partial charge in [0.25, 0.3) is 5.24 Å². The van der Waals surface area contributed by atoms with Crippen molar-refractivity contribution in [2.45, 2.75) is 26.2 Å². The monoisotopic (exact) mass is 220 g/mol. The van der Waals surface area contributed by atoms with E-state index in [2.05, 4.69) is 18.8 Å². The maximum atomic E-state index is 11.1. The molecule has 0 aliphatic carbocycles. The molecular weight excluding hydrogens is 208 g/mol. The summed E-state index contributed by atoms with van der Waals surface area (Å²) in [6, 6.07) is 7.15. The predicted molar refractivity (Wildman–Crippen MR) is 63.0 cm³/mol. The molecule has 1 aromatic rings. The van der Waals surface area contributed by atoms with Crippen LogP contribution in [0.2, 0.25) is 0 Å². The molecule has 0 radical (unpaired) electrons. The summed E-state index contributed by atoms with van der Waals surface area (Å²) in [6.07, 6.45) is 3.08. The van der Waals surface area contributed by atoms with Gasteiger partial charge in [-0.15, -0.1) is 0 Å². The Labute approximate surface area is 95.5 Å². The average molecular weight is 221 g/mol. The summed E-state index contributed by atoms with van der Waals surface area (Å²) in [5, 5.41) is -0.449. The van der Waals surface area contributed by atoms with Gasteiger partial charge in [0.05, 0.1) is 0 Å². The normalized spacial score (nSPS) is 9.20. The minimum Gasteiger partial charge on any atom is -0.276 e. The molecule has 0 atom stereocenters. The van der Waals surface area contributed by atoms with E-state index < -0.39 is 5.24 Å². The van der Waals surface area contributed by atoms with E-state index in [0.29, 0.717) is 11.1 Å². The minimum absolute atomic E-state index is 0.449. The highest BCUT2D eigenvalue weighted by Crippen LogP contribution is 2.10. The molecule has 1 aromatic carbocycles. The maximum Gasteiger partial charge on any atom is 0.253 e. The molecule has 0 aliphatic rings. The first kappa shape index (κ1) is 11.8. The van der Waals surface area contributed by atoms with Gasteiger partial charge in [-0.05, 0) is 30.2 Å². The van der Waals surface area contributed by atoms with Crippen molar-refractivity contribution in [1.29, 1.82) is 0 Å². The topological polar surface area (TPSA) is 17.1 Å². The van der Waals surface area contributed by atoms with Crippen LogP contribution in [0.25, 0.3) is 0 Å². The third-order valence-corrected chi connectivity index (χ3v) is 2.22. The molecule has 0 fully saturated rings. The number of hydrogen-bond acceptors (Lipinski definition) is 1. The third kappa shape index (κ3) is 3.77. The molecule has 2 heteroatoms. The molecule has 1 rings (SSSR count). The molecule has 0 unspecified atom stereocenters. The summed E-state index contributed by atoms with van der Waals surface area (Å²) < 4.78 is 0. The van der Waals surface area contributed by atoms with Gasteiger partial charge in [-0.2, -0.15) is 0 Å². The molecule has 0 spiro atoms. The molecule has 0 saturated heterocycles. The molecule has 0 amide bonds. The van der Waals surface area contributed by atoms with Gasteiger partial charge < -0.3 is 0 Å². The van der Waals surface area contributed by atoms with Gasteiger partial charge in [0, 0.05) is 17.5 Å². The van der Waals surface area contributed by atoms with Gasteiger partial charge in [0.15, 0.2) is 0 Å². The first-order valence-electron chi connectivity index (χ1n) is 5.03. The Balaban J connectivity index is 2.83. The number of rotatable bonds is 3. The van der Waals surface area contributed by atoms with E-state index in [1.54, 1.807) is 12.1 Å². The van der Waals surface area contributed by atoms with Gasteiger partial charge >= 0.3 is 0 Å². The van der Waals surface area contributed by atoms with Crippen molar-refractivity contribution < 1.29 is 4.79 Å². The van der Waals surface area contributed by atoms with Gasteiger partial charge in [-0.3, -0.25) is 4.79 Å². The fraction of sp³-hybridized carbons (Fsp3) is 0.308. The highest BCUT2D eigenvalue weighted by atomic mass is 35.5. The molecule has 78 valence electrons. The number of benzene rings is 1. The summed E-state index contributed by atoms with van der Waals surface area (Å²) in [6.45, 7) is 2.12. The molecule has 0 aliphatic heterocycles. The fourth-order valence-corrected chi connectivity index (χ4v) is 1.35. The van der Waals surface area contributed by atoms with Crippen molar-refractivity contribution in [2.75, 3.05) is 0 Å². The molecule has 0 saturated carbocycles. The van der Waals surface area contributed by atoms with E-state index in [1.807, 2.05) is 12.1 Å². The third-order valence-electron chi connectivity index (χ3n) is 2.02. The van der Waals surface area contributed by atoms with Crippen LogP contribution in [-0.4, -0.2) is 5.24 Å². The second-order valence-electron chi connectivity index (χ2n) is 3.22. The van der Waals surface area contributed by atoms with E-state index in [1.165, 1.54) is 0 Å². The standard InChI is InChI=1S/C13H13ClO/c1-2-3-4-5-8-11-9-6-7-10-12(11)13(14)15/h6-7,9-10H,2-4H2,1H3. The Bertz CT molecular complexity index is 398. The van der Waals surface area contributed by atoms with Gasteiger partial charge in [-0.25, -0.2) is 0 Å². The van der Waals surface area contributed by atoms with E-state index in [-0.39, 0.29) is 0 Å². The first-order valence-corrected chi connectivity index (χ1v) is 5.41.